The molecule has 2 aromatic heterocycles. The van der Waals surface area contributed by atoms with Crippen molar-refractivity contribution in [1.82, 2.24) is 15.0 Å². The molecule has 2 aliphatic heterocycles. The van der Waals surface area contributed by atoms with Crippen molar-refractivity contribution < 1.29 is 9.15 Å². The van der Waals surface area contributed by atoms with Gasteiger partial charge in [0.15, 0.2) is 5.58 Å². The van der Waals surface area contributed by atoms with Crippen molar-refractivity contribution in [2.24, 2.45) is 11.1 Å². The van der Waals surface area contributed by atoms with Gasteiger partial charge in [-0.05, 0) is 44.0 Å². The molecule has 0 aliphatic carbocycles. The van der Waals surface area contributed by atoms with Crippen LogP contribution in [-0.4, -0.2) is 46.8 Å². The summed E-state index contributed by atoms with van der Waals surface area (Å²) in [6.07, 6.45) is 5.79. The fourth-order valence-electron chi connectivity index (χ4n) is 5.03. The standard InChI is InChI=1S/C26H26ClN5O2S/c1-16-24(28)26(15-33-16)9-11-32(12-10-26)21-13-30-22(14-29-21)35-20-8-4-5-17(23(20)27)25-31-18-6-2-3-7-19(18)34-25/h2-8,13-14,16,24H,9-12,15,28H2,1H3/t16-,24+/m0/s1. The van der Waals surface area contributed by atoms with Gasteiger partial charge < -0.3 is 19.8 Å². The number of nitrogens with zero attached hydrogens (tertiary/aromatic N) is 4. The molecule has 0 unspecified atom stereocenters. The van der Waals surface area contributed by atoms with Gasteiger partial charge >= 0.3 is 0 Å². The fraction of sp³-hybridized carbons (Fsp3) is 0.346. The van der Waals surface area contributed by atoms with Crippen LogP contribution in [0.3, 0.4) is 0 Å². The number of rotatable bonds is 4. The molecule has 2 aromatic carbocycles. The SMILES string of the molecule is C[C@@H]1OCC2(CCN(c3cnc(Sc4cccc(-c5nc6ccccc6o5)c4Cl)cn3)CC2)[C@@H]1N. The Kier molecular flexibility index (Phi) is 5.92. The van der Waals surface area contributed by atoms with Gasteiger partial charge in [-0.15, -0.1) is 0 Å². The molecule has 4 aromatic rings. The number of aromatic nitrogens is 3. The molecule has 0 bridgehead atoms. The van der Waals surface area contributed by atoms with E-state index >= 15 is 0 Å². The summed E-state index contributed by atoms with van der Waals surface area (Å²) < 4.78 is 11.8. The number of para-hydroxylation sites is 2. The molecule has 7 nitrogen and oxygen atoms in total. The zero-order valence-corrected chi connectivity index (χ0v) is 20.9. The van der Waals surface area contributed by atoms with Crippen molar-refractivity contribution in [2.45, 2.75) is 41.8 Å². The van der Waals surface area contributed by atoms with Crippen LogP contribution in [-0.2, 0) is 4.74 Å². The second kappa shape index (κ2) is 9.09. The first-order valence-corrected chi connectivity index (χ1v) is 13.0. The van der Waals surface area contributed by atoms with Crippen molar-refractivity contribution in [2.75, 3.05) is 24.6 Å². The Labute approximate surface area is 213 Å². The molecule has 0 amide bonds. The molecule has 35 heavy (non-hydrogen) atoms. The highest BCUT2D eigenvalue weighted by Crippen LogP contribution is 2.42. The first-order chi connectivity index (χ1) is 17.0. The first kappa shape index (κ1) is 22.8. The van der Waals surface area contributed by atoms with Gasteiger partial charge in [0.05, 0.1) is 35.7 Å². The molecular weight excluding hydrogens is 482 g/mol. The van der Waals surface area contributed by atoms with Crippen LogP contribution >= 0.6 is 23.4 Å². The van der Waals surface area contributed by atoms with Crippen molar-refractivity contribution in [3.05, 3.63) is 59.9 Å². The summed E-state index contributed by atoms with van der Waals surface area (Å²) in [5, 5.41) is 1.36. The van der Waals surface area contributed by atoms with E-state index in [1.807, 2.05) is 48.7 Å². The van der Waals surface area contributed by atoms with Crippen LogP contribution in [0.1, 0.15) is 19.8 Å². The number of hydrogen-bond donors (Lipinski definition) is 1. The van der Waals surface area contributed by atoms with Crippen molar-refractivity contribution in [1.29, 1.82) is 0 Å². The van der Waals surface area contributed by atoms with E-state index in [0.29, 0.717) is 10.9 Å². The van der Waals surface area contributed by atoms with E-state index in [-0.39, 0.29) is 17.6 Å². The lowest BCUT2D eigenvalue weighted by Gasteiger charge is -2.41. The van der Waals surface area contributed by atoms with Gasteiger partial charge in [-0.2, -0.15) is 0 Å². The molecule has 2 saturated heterocycles. The molecule has 6 rings (SSSR count). The predicted molar refractivity (Wildman–Crippen MR) is 138 cm³/mol. The van der Waals surface area contributed by atoms with Crippen LogP contribution in [0.2, 0.25) is 5.02 Å². The van der Waals surface area contributed by atoms with Crippen molar-refractivity contribution in [3.8, 4) is 11.5 Å². The Morgan fingerprint density at radius 3 is 2.63 bits per heavy atom. The molecule has 2 N–H and O–H groups in total. The third kappa shape index (κ3) is 4.18. The summed E-state index contributed by atoms with van der Waals surface area (Å²) in [6, 6.07) is 13.6. The molecule has 9 heteroatoms. The average molecular weight is 508 g/mol. The number of piperidine rings is 1. The van der Waals surface area contributed by atoms with E-state index < -0.39 is 0 Å². The largest absolute Gasteiger partial charge is 0.436 e. The Bertz CT molecular complexity index is 1320. The lowest BCUT2D eigenvalue weighted by Crippen LogP contribution is -2.50. The van der Waals surface area contributed by atoms with Crippen LogP contribution in [0.15, 0.2) is 69.2 Å². The zero-order valence-electron chi connectivity index (χ0n) is 19.4. The van der Waals surface area contributed by atoms with E-state index in [0.717, 1.165) is 64.9 Å². The Morgan fingerprint density at radius 1 is 1.09 bits per heavy atom. The van der Waals surface area contributed by atoms with Gasteiger partial charge in [0, 0.05) is 29.4 Å². The van der Waals surface area contributed by atoms with E-state index in [2.05, 4.69) is 21.8 Å². The fourth-order valence-corrected chi connectivity index (χ4v) is 6.14. The number of oxazole rings is 1. The molecule has 0 saturated carbocycles. The van der Waals surface area contributed by atoms with Gasteiger partial charge in [0.25, 0.3) is 0 Å². The minimum atomic E-state index is 0.0929. The third-order valence-electron chi connectivity index (χ3n) is 7.25. The number of nitrogens with two attached hydrogens (primary N) is 1. The van der Waals surface area contributed by atoms with Gasteiger partial charge in [0.2, 0.25) is 5.89 Å². The number of fused-ring (bicyclic) bond motifs is 1. The quantitative estimate of drug-likeness (QED) is 0.391. The molecule has 0 radical (unpaired) electrons. The number of benzene rings is 2. The monoisotopic (exact) mass is 507 g/mol. The van der Waals surface area contributed by atoms with Crippen LogP contribution in [0.25, 0.3) is 22.6 Å². The summed E-state index contributed by atoms with van der Waals surface area (Å²) in [5.74, 6) is 1.39. The van der Waals surface area contributed by atoms with Gasteiger partial charge in [-0.1, -0.05) is 41.6 Å². The molecular formula is C26H26ClN5O2S. The summed E-state index contributed by atoms with van der Waals surface area (Å²) in [4.78, 5) is 17.1. The molecule has 180 valence electrons. The summed E-state index contributed by atoms with van der Waals surface area (Å²) >= 11 is 8.23. The maximum Gasteiger partial charge on any atom is 0.228 e. The Balaban J connectivity index is 1.16. The second-order valence-electron chi connectivity index (χ2n) is 9.31. The third-order valence-corrected chi connectivity index (χ3v) is 8.75. The number of ether oxygens (including phenoxy) is 1. The smallest absolute Gasteiger partial charge is 0.228 e. The molecule has 2 fully saturated rings. The summed E-state index contributed by atoms with van der Waals surface area (Å²) in [5.41, 5.74) is 8.83. The lowest BCUT2D eigenvalue weighted by molar-refractivity contribution is 0.0974. The second-order valence-corrected chi connectivity index (χ2v) is 10.8. The van der Waals surface area contributed by atoms with Gasteiger partial charge in [-0.25, -0.2) is 15.0 Å². The minimum absolute atomic E-state index is 0.0929. The Morgan fingerprint density at radius 2 is 1.91 bits per heavy atom. The highest BCUT2D eigenvalue weighted by atomic mass is 35.5. The van der Waals surface area contributed by atoms with Crippen molar-refractivity contribution in [3.63, 3.8) is 0 Å². The maximum absolute atomic E-state index is 6.76. The normalized spacial score (nSPS) is 21.7. The van der Waals surface area contributed by atoms with E-state index in [4.69, 9.17) is 31.5 Å². The van der Waals surface area contributed by atoms with E-state index in [9.17, 15) is 0 Å². The maximum atomic E-state index is 6.76. The highest BCUT2D eigenvalue weighted by Gasteiger charge is 2.47. The highest BCUT2D eigenvalue weighted by molar-refractivity contribution is 7.99. The zero-order chi connectivity index (χ0) is 24.0. The topological polar surface area (TPSA) is 90.3 Å². The van der Waals surface area contributed by atoms with Gasteiger partial charge in [-0.3, -0.25) is 0 Å². The van der Waals surface area contributed by atoms with Gasteiger partial charge in [0.1, 0.15) is 16.4 Å². The van der Waals surface area contributed by atoms with Crippen LogP contribution in [0.4, 0.5) is 5.82 Å². The lowest BCUT2D eigenvalue weighted by atomic mass is 9.73. The Hall–Kier alpha value is -2.65. The van der Waals surface area contributed by atoms with Crippen LogP contribution < -0.4 is 10.6 Å². The molecule has 1 spiro atoms. The van der Waals surface area contributed by atoms with E-state index in [1.165, 1.54) is 11.8 Å². The number of anilines is 1. The van der Waals surface area contributed by atoms with E-state index in [1.54, 1.807) is 6.20 Å². The molecule has 2 aliphatic rings. The van der Waals surface area contributed by atoms with Crippen LogP contribution in [0.5, 0.6) is 0 Å². The summed E-state index contributed by atoms with van der Waals surface area (Å²) in [7, 11) is 0. The summed E-state index contributed by atoms with van der Waals surface area (Å²) in [6.45, 7) is 4.64. The molecule has 4 heterocycles. The van der Waals surface area contributed by atoms with Crippen molar-refractivity contribution >= 4 is 40.3 Å². The number of halogens is 1. The first-order valence-electron chi connectivity index (χ1n) is 11.8. The average Bonchev–Trinajstić information content (AvgIpc) is 3.43. The minimum Gasteiger partial charge on any atom is -0.436 e. The molecule has 2 atom stereocenters. The predicted octanol–water partition coefficient (Wildman–Crippen LogP) is 5.42. The van der Waals surface area contributed by atoms with Crippen LogP contribution in [0, 0.1) is 5.41 Å². The number of hydrogen-bond acceptors (Lipinski definition) is 8.